The quantitative estimate of drug-likeness (QED) is 0.706. The minimum atomic E-state index is -3.60. The summed E-state index contributed by atoms with van der Waals surface area (Å²) in [4.78, 5) is 13.9. The van der Waals surface area contributed by atoms with E-state index >= 15 is 0 Å². The van der Waals surface area contributed by atoms with Crippen molar-refractivity contribution in [2.24, 2.45) is 11.8 Å². The number of anilines is 1. The van der Waals surface area contributed by atoms with Crippen LogP contribution in [0.3, 0.4) is 0 Å². The lowest BCUT2D eigenvalue weighted by molar-refractivity contribution is -0.904. The summed E-state index contributed by atoms with van der Waals surface area (Å²) in [5, 5.41) is 2.90. The second kappa shape index (κ2) is 9.73. The Morgan fingerprint density at radius 3 is 2.23 bits per heavy atom. The van der Waals surface area contributed by atoms with Crippen LogP contribution in [0.15, 0.2) is 59.5 Å². The van der Waals surface area contributed by atoms with Gasteiger partial charge >= 0.3 is 0 Å². The Kier molecular flexibility index (Phi) is 7.28. The third-order valence-electron chi connectivity index (χ3n) is 5.58. The van der Waals surface area contributed by atoms with E-state index < -0.39 is 10.0 Å². The fraction of sp³-hybridized carbons (Fsp3) is 0.435. The van der Waals surface area contributed by atoms with Crippen molar-refractivity contribution in [2.75, 3.05) is 32.0 Å². The number of hydrogen-bond donors (Lipinski definition) is 2. The predicted octanol–water partition coefficient (Wildman–Crippen LogP) is 2.01. The van der Waals surface area contributed by atoms with Crippen molar-refractivity contribution in [3.8, 4) is 0 Å². The summed E-state index contributed by atoms with van der Waals surface area (Å²) in [5.41, 5.74) is 1.54. The van der Waals surface area contributed by atoms with E-state index in [4.69, 9.17) is 0 Å². The van der Waals surface area contributed by atoms with Crippen LogP contribution in [-0.2, 0) is 21.4 Å². The van der Waals surface area contributed by atoms with Gasteiger partial charge in [0.25, 0.3) is 5.91 Å². The Hall–Kier alpha value is -2.22. The van der Waals surface area contributed by atoms with Crippen molar-refractivity contribution >= 4 is 21.6 Å². The van der Waals surface area contributed by atoms with E-state index in [9.17, 15) is 13.2 Å². The maximum Gasteiger partial charge on any atom is 0.279 e. The summed E-state index contributed by atoms with van der Waals surface area (Å²) in [5.74, 6) is 1.23. The molecule has 0 aromatic heterocycles. The van der Waals surface area contributed by atoms with Crippen LogP contribution in [0.1, 0.15) is 25.8 Å². The zero-order valence-electron chi connectivity index (χ0n) is 18.0. The highest BCUT2D eigenvalue weighted by Gasteiger charge is 2.27. The second-order valence-electron chi connectivity index (χ2n) is 8.60. The molecule has 1 aliphatic heterocycles. The number of sulfonamides is 1. The largest absolute Gasteiger partial charge is 0.327 e. The SMILES string of the molecule is C[C@H]1C[C@H](C)C[NH+](CC(=O)Nc2ccc(S(=O)(=O)N(C)Cc3ccccc3)cc2)C1. The van der Waals surface area contributed by atoms with Crippen LogP contribution in [0.5, 0.6) is 0 Å². The molecule has 0 radical (unpaired) electrons. The molecule has 6 nitrogen and oxygen atoms in total. The van der Waals surface area contributed by atoms with Crippen molar-refractivity contribution in [1.82, 2.24) is 4.31 Å². The van der Waals surface area contributed by atoms with E-state index in [1.807, 2.05) is 30.3 Å². The topological polar surface area (TPSA) is 70.9 Å². The summed E-state index contributed by atoms with van der Waals surface area (Å²) >= 11 is 0. The summed E-state index contributed by atoms with van der Waals surface area (Å²) in [6.45, 7) is 7.25. The maximum absolute atomic E-state index is 12.8. The lowest BCUT2D eigenvalue weighted by Gasteiger charge is -2.31. The molecule has 1 saturated heterocycles. The number of carbonyl (C=O) groups is 1. The van der Waals surface area contributed by atoms with Crippen LogP contribution in [0.2, 0.25) is 0 Å². The highest BCUT2D eigenvalue weighted by atomic mass is 32.2. The summed E-state index contributed by atoms with van der Waals surface area (Å²) in [6.07, 6.45) is 1.22. The van der Waals surface area contributed by atoms with E-state index in [0.717, 1.165) is 18.7 Å². The molecule has 0 bridgehead atoms. The molecule has 1 heterocycles. The van der Waals surface area contributed by atoms with Gasteiger partial charge in [0.2, 0.25) is 10.0 Å². The lowest BCUT2D eigenvalue weighted by atomic mass is 9.92. The molecule has 7 heteroatoms. The van der Waals surface area contributed by atoms with Crippen LogP contribution in [0.25, 0.3) is 0 Å². The molecule has 30 heavy (non-hydrogen) atoms. The molecule has 1 fully saturated rings. The van der Waals surface area contributed by atoms with Gasteiger partial charge in [-0.2, -0.15) is 4.31 Å². The second-order valence-corrected chi connectivity index (χ2v) is 10.6. The average Bonchev–Trinajstić information content (AvgIpc) is 2.68. The Balaban J connectivity index is 1.59. The Morgan fingerprint density at radius 1 is 1.03 bits per heavy atom. The molecule has 0 saturated carbocycles. The molecule has 162 valence electrons. The highest BCUT2D eigenvalue weighted by molar-refractivity contribution is 7.89. The first-order valence-corrected chi connectivity index (χ1v) is 11.9. The van der Waals surface area contributed by atoms with Gasteiger partial charge < -0.3 is 10.2 Å². The van der Waals surface area contributed by atoms with Gasteiger partial charge in [-0.25, -0.2) is 8.42 Å². The fourth-order valence-electron chi connectivity index (χ4n) is 4.31. The average molecular weight is 431 g/mol. The van der Waals surface area contributed by atoms with Gasteiger partial charge in [-0.1, -0.05) is 44.2 Å². The molecule has 2 aromatic carbocycles. The van der Waals surface area contributed by atoms with Crippen molar-refractivity contribution in [2.45, 2.75) is 31.7 Å². The van der Waals surface area contributed by atoms with Crippen molar-refractivity contribution in [3.63, 3.8) is 0 Å². The molecule has 2 N–H and O–H groups in total. The number of benzene rings is 2. The Morgan fingerprint density at radius 2 is 1.63 bits per heavy atom. The van der Waals surface area contributed by atoms with Gasteiger partial charge in [-0.3, -0.25) is 4.79 Å². The molecule has 2 aromatic rings. The molecular formula is C23H32N3O3S+. The molecule has 0 spiro atoms. The molecule has 1 amide bonds. The minimum Gasteiger partial charge on any atom is -0.327 e. The minimum absolute atomic E-state index is 0.0388. The van der Waals surface area contributed by atoms with E-state index in [0.29, 0.717) is 30.6 Å². The Labute approximate surface area is 179 Å². The van der Waals surface area contributed by atoms with E-state index in [1.54, 1.807) is 31.3 Å². The highest BCUT2D eigenvalue weighted by Crippen LogP contribution is 2.19. The molecular weight excluding hydrogens is 398 g/mol. The molecule has 0 aliphatic carbocycles. The first-order valence-electron chi connectivity index (χ1n) is 10.5. The lowest BCUT2D eigenvalue weighted by Crippen LogP contribution is -3.15. The smallest absolute Gasteiger partial charge is 0.279 e. The van der Waals surface area contributed by atoms with Gasteiger partial charge in [0.1, 0.15) is 0 Å². The van der Waals surface area contributed by atoms with E-state index in [-0.39, 0.29) is 10.8 Å². The van der Waals surface area contributed by atoms with Gasteiger partial charge in [0, 0.05) is 31.1 Å². The maximum atomic E-state index is 12.8. The number of carbonyl (C=O) groups excluding carboxylic acids is 1. The van der Waals surface area contributed by atoms with Crippen molar-refractivity contribution in [3.05, 3.63) is 60.2 Å². The van der Waals surface area contributed by atoms with Gasteiger partial charge in [-0.15, -0.1) is 0 Å². The monoisotopic (exact) mass is 430 g/mol. The number of quaternary nitrogens is 1. The number of piperidine rings is 1. The molecule has 0 unspecified atom stereocenters. The van der Waals surface area contributed by atoms with Crippen LogP contribution < -0.4 is 10.2 Å². The van der Waals surface area contributed by atoms with Crippen LogP contribution in [0, 0.1) is 11.8 Å². The number of nitrogens with one attached hydrogen (secondary N) is 2. The number of nitrogens with zero attached hydrogens (tertiary/aromatic N) is 1. The van der Waals surface area contributed by atoms with Crippen LogP contribution in [-0.4, -0.2) is 45.3 Å². The zero-order chi connectivity index (χ0) is 21.7. The standard InChI is InChI=1S/C23H31N3O3S/c1-18-13-19(2)15-26(14-18)17-23(27)24-21-9-11-22(12-10-21)30(28,29)25(3)16-20-7-5-4-6-8-20/h4-12,18-19H,13-17H2,1-3H3,(H,24,27)/p+1/t18-,19-/m0/s1. The van der Waals surface area contributed by atoms with E-state index in [2.05, 4.69) is 19.2 Å². The van der Waals surface area contributed by atoms with Crippen molar-refractivity contribution in [1.29, 1.82) is 0 Å². The number of amides is 1. The predicted molar refractivity (Wildman–Crippen MR) is 119 cm³/mol. The zero-order valence-corrected chi connectivity index (χ0v) is 18.8. The summed E-state index contributed by atoms with van der Waals surface area (Å²) in [7, 11) is -2.03. The number of likely N-dealkylation sites (tertiary alicyclic amines) is 1. The molecule has 3 rings (SSSR count). The number of hydrogen-bond acceptors (Lipinski definition) is 3. The molecule has 1 aliphatic rings. The first-order chi connectivity index (χ1) is 14.2. The number of rotatable bonds is 7. The fourth-order valence-corrected chi connectivity index (χ4v) is 5.47. The normalized spacial score (nSPS) is 22.1. The summed E-state index contributed by atoms with van der Waals surface area (Å²) in [6, 6.07) is 15.9. The van der Waals surface area contributed by atoms with Crippen molar-refractivity contribution < 1.29 is 18.1 Å². The van der Waals surface area contributed by atoms with Crippen LogP contribution >= 0.6 is 0 Å². The third kappa shape index (κ3) is 5.90. The van der Waals surface area contributed by atoms with Gasteiger partial charge in [0.15, 0.2) is 6.54 Å². The van der Waals surface area contributed by atoms with Gasteiger partial charge in [0.05, 0.1) is 18.0 Å². The third-order valence-corrected chi connectivity index (χ3v) is 7.40. The van der Waals surface area contributed by atoms with Crippen LogP contribution in [0.4, 0.5) is 5.69 Å². The van der Waals surface area contributed by atoms with E-state index in [1.165, 1.54) is 15.6 Å². The molecule has 2 atom stereocenters. The first kappa shape index (κ1) is 22.5. The summed E-state index contributed by atoms with van der Waals surface area (Å²) < 4.78 is 27.0. The Bertz CT molecular complexity index is 935. The van der Waals surface area contributed by atoms with Gasteiger partial charge in [-0.05, 0) is 36.2 Å².